The fourth-order valence-corrected chi connectivity index (χ4v) is 5.08. The van der Waals surface area contributed by atoms with Crippen molar-refractivity contribution in [1.82, 2.24) is 20.1 Å². The SMILES string of the molecule is N#Cc1cc(C(F)(F)F)ncc1O[C@H]1CCC2(C1)CN(C(=O)N1CC3(COC(=O)N3)C1)C2. The summed E-state index contributed by atoms with van der Waals surface area (Å²) in [6.45, 7) is 2.26. The van der Waals surface area contributed by atoms with Crippen LogP contribution in [0, 0.1) is 16.7 Å². The van der Waals surface area contributed by atoms with Crippen LogP contribution in [0.2, 0.25) is 0 Å². The lowest BCUT2D eigenvalue weighted by molar-refractivity contribution is -0.141. The number of aromatic nitrogens is 1. The summed E-state index contributed by atoms with van der Waals surface area (Å²) in [5.74, 6) is 0.0431. The zero-order valence-corrected chi connectivity index (χ0v) is 16.9. The summed E-state index contributed by atoms with van der Waals surface area (Å²) in [4.78, 5) is 30.7. The Kier molecular flexibility index (Phi) is 4.44. The number of alkyl carbamates (subject to hydrolysis) is 1. The van der Waals surface area contributed by atoms with Crippen LogP contribution in [-0.4, -0.2) is 71.3 Å². The van der Waals surface area contributed by atoms with Crippen molar-refractivity contribution >= 4 is 12.1 Å². The first-order valence-corrected chi connectivity index (χ1v) is 10.2. The molecule has 4 heterocycles. The van der Waals surface area contributed by atoms with Gasteiger partial charge in [-0.2, -0.15) is 18.4 Å². The van der Waals surface area contributed by atoms with Gasteiger partial charge in [-0.3, -0.25) is 0 Å². The lowest BCUT2D eigenvalue weighted by Crippen LogP contribution is -2.73. The van der Waals surface area contributed by atoms with Crippen LogP contribution in [0.25, 0.3) is 0 Å². The highest BCUT2D eigenvalue weighted by Gasteiger charge is 2.56. The number of amides is 3. The Balaban J connectivity index is 1.14. The van der Waals surface area contributed by atoms with Crippen LogP contribution in [0.15, 0.2) is 12.3 Å². The first-order chi connectivity index (χ1) is 15.1. The van der Waals surface area contributed by atoms with Gasteiger partial charge in [-0.05, 0) is 25.3 Å². The summed E-state index contributed by atoms with van der Waals surface area (Å²) < 4.78 is 49.2. The number of ether oxygens (including phenoxy) is 2. The number of carbonyl (C=O) groups is 2. The van der Waals surface area contributed by atoms with E-state index in [9.17, 15) is 28.0 Å². The highest BCUT2D eigenvalue weighted by molar-refractivity contribution is 5.78. The van der Waals surface area contributed by atoms with E-state index in [1.807, 2.05) is 0 Å². The van der Waals surface area contributed by atoms with Gasteiger partial charge < -0.3 is 24.6 Å². The van der Waals surface area contributed by atoms with Gasteiger partial charge in [-0.1, -0.05) is 0 Å². The minimum Gasteiger partial charge on any atom is -0.487 e. The monoisotopic (exact) mass is 451 g/mol. The van der Waals surface area contributed by atoms with Crippen LogP contribution < -0.4 is 10.1 Å². The number of urea groups is 1. The van der Waals surface area contributed by atoms with Crippen molar-refractivity contribution in [3.63, 3.8) is 0 Å². The fraction of sp³-hybridized carbons (Fsp3) is 0.600. The van der Waals surface area contributed by atoms with E-state index in [2.05, 4.69) is 10.3 Å². The Morgan fingerprint density at radius 3 is 2.66 bits per heavy atom. The molecule has 1 atom stereocenters. The normalized spacial score (nSPS) is 25.1. The van der Waals surface area contributed by atoms with Gasteiger partial charge in [0.1, 0.15) is 23.9 Å². The molecule has 2 spiro atoms. The van der Waals surface area contributed by atoms with E-state index < -0.39 is 23.5 Å². The van der Waals surface area contributed by atoms with Crippen LogP contribution >= 0.6 is 0 Å². The molecule has 1 aliphatic carbocycles. The Morgan fingerprint density at radius 1 is 1.31 bits per heavy atom. The molecule has 4 fully saturated rings. The Hall–Kier alpha value is -3.23. The molecule has 0 radical (unpaired) electrons. The molecule has 1 N–H and O–H groups in total. The van der Waals surface area contributed by atoms with E-state index in [0.29, 0.717) is 45.1 Å². The minimum atomic E-state index is -4.63. The molecule has 170 valence electrons. The second-order valence-electron chi connectivity index (χ2n) is 9.13. The number of halogens is 3. The van der Waals surface area contributed by atoms with Crippen LogP contribution in [0.5, 0.6) is 5.75 Å². The zero-order chi connectivity index (χ0) is 22.7. The standard InChI is InChI=1S/C20H20F3N5O4/c21-20(22,23)15-3-12(5-24)14(6-25-15)32-13-1-2-18(4-13)7-27(8-18)17(30)28-9-19(10-28)11-31-16(29)26-19/h3,6,13H,1-2,4,7-11H2,(H,26,29)/t13-/m0/s1. The molecular weight excluding hydrogens is 431 g/mol. The first kappa shape index (κ1) is 20.7. The summed E-state index contributed by atoms with van der Waals surface area (Å²) >= 11 is 0. The van der Waals surface area contributed by atoms with E-state index in [4.69, 9.17) is 9.47 Å². The van der Waals surface area contributed by atoms with Crippen LogP contribution in [0.1, 0.15) is 30.5 Å². The molecule has 0 unspecified atom stereocenters. The second kappa shape index (κ2) is 6.88. The fourth-order valence-electron chi connectivity index (χ4n) is 5.08. The maximum Gasteiger partial charge on any atom is 0.433 e. The number of nitrogens with one attached hydrogen (secondary N) is 1. The molecule has 3 aliphatic heterocycles. The Labute approximate surface area is 181 Å². The van der Waals surface area contributed by atoms with E-state index in [-0.39, 0.29) is 35.5 Å². The number of likely N-dealkylation sites (tertiary alicyclic amines) is 2. The van der Waals surface area contributed by atoms with Crippen molar-refractivity contribution in [2.45, 2.75) is 37.1 Å². The summed E-state index contributed by atoms with van der Waals surface area (Å²) in [5.41, 5.74) is -1.88. The molecule has 3 saturated heterocycles. The van der Waals surface area contributed by atoms with Crippen molar-refractivity contribution in [1.29, 1.82) is 5.26 Å². The quantitative estimate of drug-likeness (QED) is 0.738. The lowest BCUT2D eigenvalue weighted by Gasteiger charge is -2.53. The third-order valence-corrected chi connectivity index (χ3v) is 6.66. The number of nitrogens with zero attached hydrogens (tertiary/aromatic N) is 4. The third kappa shape index (κ3) is 3.45. The van der Waals surface area contributed by atoms with Gasteiger partial charge in [0.05, 0.1) is 31.0 Å². The molecule has 1 saturated carbocycles. The maximum absolute atomic E-state index is 12.8. The highest BCUT2D eigenvalue weighted by atomic mass is 19.4. The van der Waals surface area contributed by atoms with E-state index in [1.165, 1.54) is 0 Å². The number of alkyl halides is 3. The van der Waals surface area contributed by atoms with Gasteiger partial charge in [-0.15, -0.1) is 0 Å². The molecule has 4 aliphatic rings. The molecular formula is C20H20F3N5O4. The largest absolute Gasteiger partial charge is 0.487 e. The summed E-state index contributed by atoms with van der Waals surface area (Å²) in [6, 6.07) is 2.36. The van der Waals surface area contributed by atoms with Crippen molar-refractivity contribution in [3.05, 3.63) is 23.5 Å². The van der Waals surface area contributed by atoms with Gasteiger partial charge in [0, 0.05) is 18.5 Å². The van der Waals surface area contributed by atoms with Crippen LogP contribution in [0.4, 0.5) is 22.8 Å². The van der Waals surface area contributed by atoms with Crippen molar-refractivity contribution in [2.75, 3.05) is 32.8 Å². The first-order valence-electron chi connectivity index (χ1n) is 10.2. The Bertz CT molecular complexity index is 1010. The van der Waals surface area contributed by atoms with E-state index >= 15 is 0 Å². The molecule has 1 aromatic rings. The molecule has 1 aromatic heterocycles. The molecule has 9 nitrogen and oxygen atoms in total. The van der Waals surface area contributed by atoms with Gasteiger partial charge in [0.25, 0.3) is 0 Å². The van der Waals surface area contributed by atoms with Crippen molar-refractivity contribution < 1.29 is 32.2 Å². The van der Waals surface area contributed by atoms with Gasteiger partial charge in [0.15, 0.2) is 5.75 Å². The topological polar surface area (TPSA) is 108 Å². The molecule has 0 bridgehead atoms. The summed E-state index contributed by atoms with van der Waals surface area (Å²) in [5, 5.41) is 11.9. The number of cyclic esters (lactones) is 1. The number of nitriles is 1. The Morgan fingerprint density at radius 2 is 2.03 bits per heavy atom. The number of carbonyl (C=O) groups excluding carboxylic acids is 2. The molecule has 3 amide bonds. The van der Waals surface area contributed by atoms with Gasteiger partial charge >= 0.3 is 18.3 Å². The molecule has 0 aromatic carbocycles. The van der Waals surface area contributed by atoms with Crippen molar-refractivity contribution in [2.24, 2.45) is 5.41 Å². The average molecular weight is 451 g/mol. The summed E-state index contributed by atoms with van der Waals surface area (Å²) in [7, 11) is 0. The van der Waals surface area contributed by atoms with Crippen LogP contribution in [-0.2, 0) is 10.9 Å². The van der Waals surface area contributed by atoms with E-state index in [0.717, 1.165) is 12.6 Å². The maximum atomic E-state index is 12.8. The molecule has 5 rings (SSSR count). The smallest absolute Gasteiger partial charge is 0.433 e. The lowest BCUT2D eigenvalue weighted by atomic mass is 9.78. The van der Waals surface area contributed by atoms with Crippen molar-refractivity contribution in [3.8, 4) is 11.8 Å². The predicted octanol–water partition coefficient (Wildman–Crippen LogP) is 2.12. The summed E-state index contributed by atoms with van der Waals surface area (Å²) in [6.07, 6.45) is -2.23. The number of hydrogen-bond acceptors (Lipinski definition) is 6. The number of rotatable bonds is 2. The number of hydrogen-bond donors (Lipinski definition) is 1. The zero-order valence-electron chi connectivity index (χ0n) is 16.9. The minimum absolute atomic E-state index is 0.0431. The average Bonchev–Trinajstić information content (AvgIpc) is 3.29. The number of pyridine rings is 1. The highest BCUT2D eigenvalue weighted by Crippen LogP contribution is 2.47. The molecule has 12 heteroatoms. The van der Waals surface area contributed by atoms with Crippen LogP contribution in [0.3, 0.4) is 0 Å². The molecule has 32 heavy (non-hydrogen) atoms. The second-order valence-corrected chi connectivity index (χ2v) is 9.13. The van der Waals surface area contributed by atoms with E-state index in [1.54, 1.807) is 15.9 Å². The van der Waals surface area contributed by atoms with Gasteiger partial charge in [0.2, 0.25) is 0 Å². The third-order valence-electron chi connectivity index (χ3n) is 6.66. The van der Waals surface area contributed by atoms with Gasteiger partial charge in [-0.25, -0.2) is 14.6 Å². The predicted molar refractivity (Wildman–Crippen MR) is 100 cm³/mol.